The number of carbonyl (C=O) groups excluding carboxylic acids is 1. The van der Waals surface area contributed by atoms with Gasteiger partial charge in [-0.15, -0.1) is 11.3 Å². The fourth-order valence-electron chi connectivity index (χ4n) is 2.76. The molecule has 0 bridgehead atoms. The van der Waals surface area contributed by atoms with Gasteiger partial charge in [-0.25, -0.2) is 9.37 Å². The standard InChI is InChI=1S/C21H21FN2OS/c1-2-17-14-26-21(23-17)19(12-15-8-4-3-5-9-15)24-20(25)13-16-10-6-7-11-18(16)22/h3-11,14,19H,2,12-13H2,1H3,(H,24,25)/t19-/m0/s1. The zero-order valence-electron chi connectivity index (χ0n) is 14.6. The Bertz CT molecular complexity index is 863. The Morgan fingerprint density at radius 2 is 1.88 bits per heavy atom. The molecular formula is C21H21FN2OS. The Morgan fingerprint density at radius 3 is 2.58 bits per heavy atom. The highest BCUT2D eigenvalue weighted by atomic mass is 32.1. The highest BCUT2D eigenvalue weighted by molar-refractivity contribution is 7.09. The molecule has 0 unspecified atom stereocenters. The van der Waals surface area contributed by atoms with E-state index in [1.165, 1.54) is 6.07 Å². The van der Waals surface area contributed by atoms with Crippen molar-refractivity contribution < 1.29 is 9.18 Å². The fraction of sp³-hybridized carbons (Fsp3) is 0.238. The Kier molecular flexibility index (Phi) is 6.12. The summed E-state index contributed by atoms with van der Waals surface area (Å²) in [5.41, 5.74) is 2.54. The van der Waals surface area contributed by atoms with Crippen LogP contribution in [0.25, 0.3) is 0 Å². The van der Waals surface area contributed by atoms with Gasteiger partial charge in [0.25, 0.3) is 0 Å². The van der Waals surface area contributed by atoms with Gasteiger partial charge < -0.3 is 5.32 Å². The number of halogens is 1. The van der Waals surface area contributed by atoms with Gasteiger partial charge in [0, 0.05) is 5.38 Å². The molecule has 134 valence electrons. The lowest BCUT2D eigenvalue weighted by atomic mass is 10.1. The highest BCUT2D eigenvalue weighted by Crippen LogP contribution is 2.23. The van der Waals surface area contributed by atoms with Crippen LogP contribution in [0.5, 0.6) is 0 Å². The van der Waals surface area contributed by atoms with Gasteiger partial charge in [0.15, 0.2) is 0 Å². The topological polar surface area (TPSA) is 42.0 Å². The minimum absolute atomic E-state index is 0.0178. The van der Waals surface area contributed by atoms with Crippen molar-refractivity contribution in [3.8, 4) is 0 Å². The lowest BCUT2D eigenvalue weighted by Gasteiger charge is -2.17. The summed E-state index contributed by atoms with van der Waals surface area (Å²) >= 11 is 1.55. The van der Waals surface area contributed by atoms with Gasteiger partial charge in [0.05, 0.1) is 18.2 Å². The number of nitrogens with zero attached hydrogens (tertiary/aromatic N) is 1. The average Bonchev–Trinajstić information content (AvgIpc) is 3.13. The van der Waals surface area contributed by atoms with E-state index in [0.29, 0.717) is 12.0 Å². The maximum absolute atomic E-state index is 13.8. The molecule has 3 rings (SSSR count). The van der Waals surface area contributed by atoms with Crippen LogP contribution in [-0.4, -0.2) is 10.9 Å². The minimum Gasteiger partial charge on any atom is -0.346 e. The molecule has 26 heavy (non-hydrogen) atoms. The molecule has 3 aromatic rings. The summed E-state index contributed by atoms with van der Waals surface area (Å²) in [5.74, 6) is -0.561. The van der Waals surface area contributed by atoms with Gasteiger partial charge >= 0.3 is 0 Å². The Labute approximate surface area is 156 Å². The number of aryl methyl sites for hydroxylation is 1. The first-order valence-corrected chi connectivity index (χ1v) is 9.54. The van der Waals surface area contributed by atoms with E-state index in [-0.39, 0.29) is 24.2 Å². The van der Waals surface area contributed by atoms with Crippen molar-refractivity contribution in [1.82, 2.24) is 10.3 Å². The van der Waals surface area contributed by atoms with Gasteiger partial charge in [-0.2, -0.15) is 0 Å². The Balaban J connectivity index is 1.76. The van der Waals surface area contributed by atoms with E-state index in [1.54, 1.807) is 29.5 Å². The normalized spacial score (nSPS) is 11.9. The quantitative estimate of drug-likeness (QED) is 0.668. The third-order valence-corrected chi connectivity index (χ3v) is 5.16. The molecule has 5 heteroatoms. The number of nitrogens with one attached hydrogen (secondary N) is 1. The largest absolute Gasteiger partial charge is 0.346 e. The molecule has 0 aliphatic carbocycles. The molecule has 3 nitrogen and oxygen atoms in total. The molecule has 1 aromatic heterocycles. The van der Waals surface area contributed by atoms with Gasteiger partial charge in [0.1, 0.15) is 10.8 Å². The lowest BCUT2D eigenvalue weighted by molar-refractivity contribution is -0.121. The molecule has 0 fully saturated rings. The van der Waals surface area contributed by atoms with Crippen LogP contribution in [-0.2, 0) is 24.1 Å². The third kappa shape index (κ3) is 4.76. The number of hydrogen-bond donors (Lipinski definition) is 1. The molecule has 1 heterocycles. The van der Waals surface area contributed by atoms with Crippen LogP contribution in [0.4, 0.5) is 4.39 Å². The summed E-state index contributed by atoms with van der Waals surface area (Å²) in [5, 5.41) is 5.94. The molecule has 0 aliphatic heterocycles. The predicted molar refractivity (Wildman–Crippen MR) is 103 cm³/mol. The second-order valence-electron chi connectivity index (χ2n) is 6.11. The molecule has 0 radical (unpaired) electrons. The summed E-state index contributed by atoms with van der Waals surface area (Å²) in [6, 6.07) is 16.1. The first-order valence-electron chi connectivity index (χ1n) is 8.66. The number of rotatable bonds is 7. The van der Waals surface area contributed by atoms with Crippen LogP contribution in [0, 0.1) is 5.82 Å². The Hall–Kier alpha value is -2.53. The van der Waals surface area contributed by atoms with Crippen molar-refractivity contribution >= 4 is 17.2 Å². The second kappa shape index (κ2) is 8.72. The van der Waals surface area contributed by atoms with E-state index in [9.17, 15) is 9.18 Å². The van der Waals surface area contributed by atoms with Crippen molar-refractivity contribution in [2.75, 3.05) is 0 Å². The van der Waals surface area contributed by atoms with Gasteiger partial charge in [0.2, 0.25) is 5.91 Å². The maximum Gasteiger partial charge on any atom is 0.225 e. The molecule has 1 amide bonds. The van der Waals surface area contributed by atoms with Crippen LogP contribution in [0.1, 0.15) is 34.8 Å². The first kappa shape index (κ1) is 18.3. The fourth-order valence-corrected chi connectivity index (χ4v) is 3.71. The highest BCUT2D eigenvalue weighted by Gasteiger charge is 2.19. The zero-order valence-corrected chi connectivity index (χ0v) is 15.4. The summed E-state index contributed by atoms with van der Waals surface area (Å²) < 4.78 is 13.8. The van der Waals surface area contributed by atoms with Gasteiger partial charge in [-0.1, -0.05) is 55.5 Å². The van der Waals surface area contributed by atoms with E-state index in [2.05, 4.69) is 17.2 Å². The van der Waals surface area contributed by atoms with Crippen molar-refractivity contribution in [1.29, 1.82) is 0 Å². The minimum atomic E-state index is -0.357. The van der Waals surface area contributed by atoms with Crippen LogP contribution in [0.3, 0.4) is 0 Å². The smallest absolute Gasteiger partial charge is 0.225 e. The SMILES string of the molecule is CCc1csc([C@H](Cc2ccccc2)NC(=O)Cc2ccccc2F)n1. The van der Waals surface area contributed by atoms with Crippen LogP contribution >= 0.6 is 11.3 Å². The van der Waals surface area contributed by atoms with Crippen LogP contribution in [0.2, 0.25) is 0 Å². The number of carbonyl (C=O) groups is 1. The predicted octanol–water partition coefficient (Wildman–Crippen LogP) is 4.49. The van der Waals surface area contributed by atoms with Crippen LogP contribution < -0.4 is 5.32 Å². The summed E-state index contributed by atoms with van der Waals surface area (Å²) in [4.78, 5) is 17.1. The van der Waals surface area contributed by atoms with E-state index in [4.69, 9.17) is 0 Å². The molecule has 0 saturated heterocycles. The zero-order chi connectivity index (χ0) is 18.4. The Morgan fingerprint density at radius 1 is 1.15 bits per heavy atom. The van der Waals surface area contributed by atoms with E-state index in [1.807, 2.05) is 35.7 Å². The van der Waals surface area contributed by atoms with Crippen molar-refractivity contribution in [3.05, 3.63) is 87.6 Å². The van der Waals surface area contributed by atoms with E-state index in [0.717, 1.165) is 22.7 Å². The average molecular weight is 368 g/mol. The van der Waals surface area contributed by atoms with Crippen molar-refractivity contribution in [3.63, 3.8) is 0 Å². The number of hydrogen-bond acceptors (Lipinski definition) is 3. The molecule has 0 spiro atoms. The molecule has 1 atom stereocenters. The van der Waals surface area contributed by atoms with Crippen LogP contribution in [0.15, 0.2) is 60.0 Å². The molecular weight excluding hydrogens is 347 g/mol. The number of thiazole rings is 1. The van der Waals surface area contributed by atoms with Crippen molar-refractivity contribution in [2.45, 2.75) is 32.2 Å². The summed E-state index contributed by atoms with van der Waals surface area (Å²) in [7, 11) is 0. The number of aromatic nitrogens is 1. The lowest BCUT2D eigenvalue weighted by Crippen LogP contribution is -2.31. The molecule has 0 saturated carbocycles. The summed E-state index contributed by atoms with van der Waals surface area (Å²) in [6.07, 6.45) is 1.53. The van der Waals surface area contributed by atoms with Gasteiger partial charge in [-0.05, 0) is 30.0 Å². The third-order valence-electron chi connectivity index (χ3n) is 4.16. The number of benzene rings is 2. The van der Waals surface area contributed by atoms with E-state index < -0.39 is 0 Å². The first-order chi connectivity index (χ1) is 12.7. The molecule has 2 aromatic carbocycles. The second-order valence-corrected chi connectivity index (χ2v) is 7.00. The summed E-state index contributed by atoms with van der Waals surface area (Å²) in [6.45, 7) is 2.06. The van der Waals surface area contributed by atoms with Gasteiger partial charge in [-0.3, -0.25) is 4.79 Å². The van der Waals surface area contributed by atoms with Crippen molar-refractivity contribution in [2.24, 2.45) is 0 Å². The molecule has 0 aliphatic rings. The maximum atomic E-state index is 13.8. The molecule has 1 N–H and O–H groups in total. The monoisotopic (exact) mass is 368 g/mol. The number of amides is 1. The van der Waals surface area contributed by atoms with E-state index >= 15 is 0 Å².